The van der Waals surface area contributed by atoms with Gasteiger partial charge in [0.1, 0.15) is 0 Å². The quantitative estimate of drug-likeness (QED) is 0.593. The molecule has 0 amide bonds. The molecule has 0 N–H and O–H groups in total. The summed E-state index contributed by atoms with van der Waals surface area (Å²) in [6.07, 6.45) is 5.64. The molecular formula is C12H19N. The molecule has 0 aliphatic heterocycles. The Bertz CT molecular complexity index is 255. The zero-order valence-electron chi connectivity index (χ0n) is 8.88. The molecule has 1 aliphatic carbocycles. The van der Waals surface area contributed by atoms with Crippen LogP contribution in [0.15, 0.2) is 18.3 Å². The molecule has 0 saturated heterocycles. The van der Waals surface area contributed by atoms with E-state index >= 15 is 0 Å². The van der Waals surface area contributed by atoms with Gasteiger partial charge in [0.2, 0.25) is 0 Å². The number of pyridine rings is 1. The van der Waals surface area contributed by atoms with Crippen LogP contribution >= 0.6 is 0 Å². The van der Waals surface area contributed by atoms with Crippen molar-refractivity contribution >= 4 is 0 Å². The summed E-state index contributed by atoms with van der Waals surface area (Å²) in [5.41, 5.74) is 2.79. The molecule has 0 aromatic carbocycles. The highest BCUT2D eigenvalue weighted by atomic mass is 14.7. The van der Waals surface area contributed by atoms with Gasteiger partial charge in [0.15, 0.2) is 0 Å². The summed E-state index contributed by atoms with van der Waals surface area (Å²) in [6.45, 7) is 6.30. The summed E-state index contributed by atoms with van der Waals surface area (Å²) in [5, 5.41) is 0. The van der Waals surface area contributed by atoms with E-state index in [1.165, 1.54) is 30.5 Å². The molecule has 1 heteroatoms. The van der Waals surface area contributed by atoms with E-state index in [0.717, 1.165) is 5.92 Å². The number of aromatic nitrogens is 1. The predicted molar refractivity (Wildman–Crippen MR) is 56.8 cm³/mol. The van der Waals surface area contributed by atoms with Crippen molar-refractivity contribution in [3.63, 3.8) is 0 Å². The smallest absolute Gasteiger partial charge is 0.0438 e. The standard InChI is InChI=1S/C10H13N.C2H6/c1-8-4-5-9-3-2-6-11-10(9)7-8;1-2/h2-3,6,8H,4-5,7H2,1H3;1-2H3/t8-;/m0./s1. The number of aryl methyl sites for hydroxylation is 1. The Morgan fingerprint density at radius 2 is 2.15 bits per heavy atom. The largest absolute Gasteiger partial charge is 0.261 e. The van der Waals surface area contributed by atoms with Gasteiger partial charge in [-0.05, 0) is 36.8 Å². The third kappa shape index (κ3) is 2.55. The van der Waals surface area contributed by atoms with Crippen molar-refractivity contribution in [3.05, 3.63) is 29.6 Å². The van der Waals surface area contributed by atoms with Gasteiger partial charge in [-0.25, -0.2) is 0 Å². The van der Waals surface area contributed by atoms with E-state index in [-0.39, 0.29) is 0 Å². The highest BCUT2D eigenvalue weighted by Gasteiger charge is 2.14. The Kier molecular flexibility index (Phi) is 3.94. The Labute approximate surface area is 81.2 Å². The fraction of sp³-hybridized carbons (Fsp3) is 0.583. The van der Waals surface area contributed by atoms with Crippen LogP contribution in [0.25, 0.3) is 0 Å². The molecule has 1 atom stereocenters. The van der Waals surface area contributed by atoms with Crippen molar-refractivity contribution in [1.82, 2.24) is 4.98 Å². The van der Waals surface area contributed by atoms with E-state index in [2.05, 4.69) is 18.0 Å². The average Bonchev–Trinajstić information content (AvgIpc) is 2.21. The van der Waals surface area contributed by atoms with Crippen LogP contribution in [0.2, 0.25) is 0 Å². The summed E-state index contributed by atoms with van der Waals surface area (Å²) >= 11 is 0. The summed E-state index contributed by atoms with van der Waals surface area (Å²) in [5.74, 6) is 0.831. The van der Waals surface area contributed by atoms with Gasteiger partial charge in [0.25, 0.3) is 0 Å². The molecule has 0 saturated carbocycles. The molecule has 1 aromatic heterocycles. The minimum Gasteiger partial charge on any atom is -0.261 e. The Morgan fingerprint density at radius 3 is 2.92 bits per heavy atom. The minimum absolute atomic E-state index is 0.831. The molecular weight excluding hydrogens is 158 g/mol. The first-order valence-corrected chi connectivity index (χ1v) is 5.29. The van der Waals surface area contributed by atoms with E-state index in [9.17, 15) is 0 Å². The summed E-state index contributed by atoms with van der Waals surface area (Å²) in [6, 6.07) is 4.24. The monoisotopic (exact) mass is 177 g/mol. The van der Waals surface area contributed by atoms with Crippen LogP contribution in [-0.4, -0.2) is 4.98 Å². The lowest BCUT2D eigenvalue weighted by molar-refractivity contribution is 0.492. The second kappa shape index (κ2) is 5.00. The van der Waals surface area contributed by atoms with E-state index in [1.807, 2.05) is 26.1 Å². The van der Waals surface area contributed by atoms with Gasteiger partial charge < -0.3 is 0 Å². The third-order valence-corrected chi connectivity index (χ3v) is 2.43. The lowest BCUT2D eigenvalue weighted by Gasteiger charge is -2.19. The van der Waals surface area contributed by atoms with E-state index < -0.39 is 0 Å². The highest BCUT2D eigenvalue weighted by molar-refractivity contribution is 5.22. The summed E-state index contributed by atoms with van der Waals surface area (Å²) in [7, 11) is 0. The molecule has 0 unspecified atom stereocenters. The molecule has 0 fully saturated rings. The molecule has 1 aromatic rings. The van der Waals surface area contributed by atoms with E-state index in [4.69, 9.17) is 0 Å². The van der Waals surface area contributed by atoms with Crippen molar-refractivity contribution in [2.45, 2.75) is 40.0 Å². The molecule has 1 nitrogen and oxygen atoms in total. The Morgan fingerprint density at radius 1 is 1.38 bits per heavy atom. The van der Waals surface area contributed by atoms with Gasteiger partial charge in [-0.15, -0.1) is 0 Å². The fourth-order valence-electron chi connectivity index (χ4n) is 1.72. The normalized spacial score (nSPS) is 19.8. The lowest BCUT2D eigenvalue weighted by atomic mass is 9.88. The first kappa shape index (κ1) is 10.2. The van der Waals surface area contributed by atoms with Crippen LogP contribution in [0.1, 0.15) is 38.4 Å². The molecule has 1 aliphatic rings. The molecule has 0 spiro atoms. The fourth-order valence-corrected chi connectivity index (χ4v) is 1.72. The maximum absolute atomic E-state index is 4.37. The van der Waals surface area contributed by atoms with Gasteiger partial charge in [-0.2, -0.15) is 0 Å². The van der Waals surface area contributed by atoms with Crippen LogP contribution in [0.3, 0.4) is 0 Å². The van der Waals surface area contributed by atoms with E-state index in [1.54, 1.807) is 0 Å². The van der Waals surface area contributed by atoms with Gasteiger partial charge in [-0.1, -0.05) is 26.8 Å². The molecule has 0 radical (unpaired) electrons. The van der Waals surface area contributed by atoms with Crippen LogP contribution in [0, 0.1) is 5.92 Å². The Hall–Kier alpha value is -0.850. The number of nitrogens with zero attached hydrogens (tertiary/aromatic N) is 1. The van der Waals surface area contributed by atoms with Crippen molar-refractivity contribution in [2.24, 2.45) is 5.92 Å². The van der Waals surface area contributed by atoms with Crippen molar-refractivity contribution < 1.29 is 0 Å². The summed E-state index contributed by atoms with van der Waals surface area (Å²) < 4.78 is 0. The van der Waals surface area contributed by atoms with Crippen molar-refractivity contribution in [3.8, 4) is 0 Å². The van der Waals surface area contributed by atoms with Gasteiger partial charge in [-0.3, -0.25) is 4.98 Å². The average molecular weight is 177 g/mol. The minimum atomic E-state index is 0.831. The third-order valence-electron chi connectivity index (χ3n) is 2.43. The van der Waals surface area contributed by atoms with Crippen LogP contribution in [-0.2, 0) is 12.8 Å². The number of hydrogen-bond acceptors (Lipinski definition) is 1. The first-order valence-electron chi connectivity index (χ1n) is 5.29. The summed E-state index contributed by atoms with van der Waals surface area (Å²) in [4.78, 5) is 4.37. The lowest BCUT2D eigenvalue weighted by Crippen LogP contribution is -2.12. The second-order valence-corrected chi connectivity index (χ2v) is 3.46. The Balaban J connectivity index is 0.000000396. The maximum Gasteiger partial charge on any atom is 0.0438 e. The SMILES string of the molecule is CC.C[C@H]1CCc2cccnc2C1. The predicted octanol–water partition coefficient (Wildman–Crippen LogP) is 3.23. The first-order chi connectivity index (χ1) is 6.36. The van der Waals surface area contributed by atoms with Crippen LogP contribution < -0.4 is 0 Å². The van der Waals surface area contributed by atoms with Crippen LogP contribution in [0.5, 0.6) is 0 Å². The van der Waals surface area contributed by atoms with Gasteiger partial charge in [0, 0.05) is 11.9 Å². The molecule has 1 heterocycles. The zero-order valence-corrected chi connectivity index (χ0v) is 8.88. The maximum atomic E-state index is 4.37. The highest BCUT2D eigenvalue weighted by Crippen LogP contribution is 2.22. The number of fused-ring (bicyclic) bond motifs is 1. The topological polar surface area (TPSA) is 12.9 Å². The van der Waals surface area contributed by atoms with E-state index in [0.29, 0.717) is 0 Å². The molecule has 72 valence electrons. The van der Waals surface area contributed by atoms with Gasteiger partial charge in [0.05, 0.1) is 0 Å². The van der Waals surface area contributed by atoms with Crippen molar-refractivity contribution in [2.75, 3.05) is 0 Å². The van der Waals surface area contributed by atoms with Crippen LogP contribution in [0.4, 0.5) is 0 Å². The number of hydrogen-bond donors (Lipinski definition) is 0. The molecule has 13 heavy (non-hydrogen) atoms. The zero-order chi connectivity index (χ0) is 9.68. The molecule has 2 rings (SSSR count). The van der Waals surface area contributed by atoms with Gasteiger partial charge >= 0.3 is 0 Å². The number of rotatable bonds is 0. The second-order valence-electron chi connectivity index (χ2n) is 3.46. The van der Waals surface area contributed by atoms with Crippen molar-refractivity contribution in [1.29, 1.82) is 0 Å². The molecule has 0 bridgehead atoms.